The summed E-state index contributed by atoms with van der Waals surface area (Å²) in [5.41, 5.74) is -0.361. The first-order chi connectivity index (χ1) is 8.43. The molecule has 1 aliphatic carbocycles. The van der Waals surface area contributed by atoms with Gasteiger partial charge in [-0.25, -0.2) is 0 Å². The van der Waals surface area contributed by atoms with Gasteiger partial charge in [-0.1, -0.05) is 36.0 Å². The minimum Gasteiger partial charge on any atom is -0.388 e. The zero-order chi connectivity index (χ0) is 13.3. The van der Waals surface area contributed by atoms with Crippen molar-refractivity contribution in [3.05, 3.63) is 21.9 Å². The van der Waals surface area contributed by atoms with E-state index >= 15 is 0 Å². The smallest absolute Gasteiger partial charge is 0.268 e. The number of aromatic nitrogens is 1. The van der Waals surface area contributed by atoms with E-state index in [1.165, 1.54) is 10.6 Å². The Labute approximate surface area is 116 Å². The summed E-state index contributed by atoms with van der Waals surface area (Å²) in [6.45, 7) is 0.270. The van der Waals surface area contributed by atoms with E-state index in [1.54, 1.807) is 7.05 Å². The van der Waals surface area contributed by atoms with Gasteiger partial charge < -0.3 is 15.0 Å². The summed E-state index contributed by atoms with van der Waals surface area (Å²) >= 11 is 11.7. The summed E-state index contributed by atoms with van der Waals surface area (Å²) < 4.78 is 1.53. The van der Waals surface area contributed by atoms with E-state index in [2.05, 4.69) is 5.32 Å². The third kappa shape index (κ3) is 2.66. The summed E-state index contributed by atoms with van der Waals surface area (Å²) in [7, 11) is 1.67. The van der Waals surface area contributed by atoms with Crippen LogP contribution in [0.2, 0.25) is 10.2 Å². The lowest BCUT2D eigenvalue weighted by Gasteiger charge is -2.22. The molecule has 0 atom stereocenters. The second kappa shape index (κ2) is 5.11. The Balaban J connectivity index is 2.01. The number of nitrogens with zero attached hydrogens (tertiary/aromatic N) is 1. The van der Waals surface area contributed by atoms with Crippen LogP contribution in [0.4, 0.5) is 0 Å². The highest BCUT2D eigenvalue weighted by Gasteiger charge is 2.31. The van der Waals surface area contributed by atoms with Crippen molar-refractivity contribution < 1.29 is 9.90 Å². The molecular formula is C12H16Cl2N2O2. The Bertz CT molecular complexity index is 465. The molecule has 4 nitrogen and oxygen atoms in total. The second-order valence-electron chi connectivity index (χ2n) is 4.84. The molecule has 1 fully saturated rings. The lowest BCUT2D eigenvalue weighted by Crippen LogP contribution is -2.41. The number of amides is 1. The first-order valence-corrected chi connectivity index (χ1v) is 6.70. The molecule has 1 aromatic rings. The monoisotopic (exact) mass is 290 g/mol. The van der Waals surface area contributed by atoms with Crippen LogP contribution in [0.1, 0.15) is 36.2 Å². The molecule has 6 heteroatoms. The van der Waals surface area contributed by atoms with E-state index < -0.39 is 5.60 Å². The van der Waals surface area contributed by atoms with Crippen molar-refractivity contribution in [1.29, 1.82) is 0 Å². The molecule has 1 saturated carbocycles. The van der Waals surface area contributed by atoms with Gasteiger partial charge in [-0.15, -0.1) is 0 Å². The van der Waals surface area contributed by atoms with E-state index in [0.29, 0.717) is 15.9 Å². The lowest BCUT2D eigenvalue weighted by atomic mass is 10.0. The molecule has 0 unspecified atom stereocenters. The number of carbonyl (C=O) groups excluding carboxylic acids is 1. The molecule has 18 heavy (non-hydrogen) atoms. The molecule has 0 aromatic carbocycles. The van der Waals surface area contributed by atoms with Crippen LogP contribution in [0.3, 0.4) is 0 Å². The quantitative estimate of drug-likeness (QED) is 0.898. The largest absolute Gasteiger partial charge is 0.388 e. The Morgan fingerprint density at radius 3 is 2.61 bits per heavy atom. The third-order valence-corrected chi connectivity index (χ3v) is 4.30. The fourth-order valence-electron chi connectivity index (χ4n) is 2.31. The van der Waals surface area contributed by atoms with Crippen LogP contribution >= 0.6 is 23.2 Å². The third-order valence-electron chi connectivity index (χ3n) is 3.46. The van der Waals surface area contributed by atoms with Crippen LogP contribution in [0.15, 0.2) is 6.07 Å². The molecule has 0 aliphatic heterocycles. The lowest BCUT2D eigenvalue weighted by molar-refractivity contribution is 0.0448. The number of nitrogens with one attached hydrogen (secondary N) is 1. The second-order valence-corrected chi connectivity index (χ2v) is 5.61. The number of aliphatic hydroxyl groups is 1. The van der Waals surface area contributed by atoms with E-state index in [0.717, 1.165) is 25.7 Å². The predicted octanol–water partition coefficient (Wildman–Crippen LogP) is 2.37. The molecule has 2 rings (SSSR count). The molecule has 0 bridgehead atoms. The Morgan fingerprint density at radius 1 is 1.50 bits per heavy atom. The Hall–Kier alpha value is -0.710. The van der Waals surface area contributed by atoms with Gasteiger partial charge in [-0.2, -0.15) is 0 Å². The summed E-state index contributed by atoms with van der Waals surface area (Å²) in [5, 5.41) is 13.6. The zero-order valence-electron chi connectivity index (χ0n) is 10.2. The van der Waals surface area contributed by atoms with E-state index in [-0.39, 0.29) is 12.5 Å². The molecule has 1 heterocycles. The Kier molecular flexibility index (Phi) is 3.90. The molecule has 1 amide bonds. The molecule has 1 aliphatic rings. The number of carbonyl (C=O) groups is 1. The van der Waals surface area contributed by atoms with Crippen LogP contribution in [-0.4, -0.2) is 27.7 Å². The van der Waals surface area contributed by atoms with Crippen molar-refractivity contribution in [2.75, 3.05) is 6.54 Å². The molecule has 2 N–H and O–H groups in total. The van der Waals surface area contributed by atoms with E-state index in [1.807, 2.05) is 0 Å². The average Bonchev–Trinajstić information content (AvgIpc) is 2.87. The number of hydrogen-bond donors (Lipinski definition) is 2. The van der Waals surface area contributed by atoms with Crippen molar-refractivity contribution in [3.8, 4) is 0 Å². The maximum atomic E-state index is 12.0. The maximum Gasteiger partial charge on any atom is 0.268 e. The van der Waals surface area contributed by atoms with Crippen molar-refractivity contribution in [2.24, 2.45) is 7.05 Å². The van der Waals surface area contributed by atoms with Gasteiger partial charge in [0.25, 0.3) is 5.91 Å². The number of halogens is 2. The van der Waals surface area contributed by atoms with Gasteiger partial charge in [0.1, 0.15) is 10.8 Å². The van der Waals surface area contributed by atoms with Crippen molar-refractivity contribution in [2.45, 2.75) is 31.3 Å². The topological polar surface area (TPSA) is 54.3 Å². The SMILES string of the molecule is Cn1c(C(=O)NCC2(O)CCCC2)cc(Cl)c1Cl. The highest BCUT2D eigenvalue weighted by molar-refractivity contribution is 6.41. The van der Waals surface area contributed by atoms with Crippen molar-refractivity contribution >= 4 is 29.1 Å². The van der Waals surface area contributed by atoms with Gasteiger partial charge in [0.05, 0.1) is 10.6 Å². The Morgan fingerprint density at radius 2 is 2.11 bits per heavy atom. The van der Waals surface area contributed by atoms with Crippen LogP contribution < -0.4 is 5.32 Å². The molecule has 1 aromatic heterocycles. The number of rotatable bonds is 3. The van der Waals surface area contributed by atoms with Crippen LogP contribution in [0, 0.1) is 0 Å². The fourth-order valence-corrected chi connectivity index (χ4v) is 2.68. The normalized spacial score (nSPS) is 18.0. The van der Waals surface area contributed by atoms with E-state index in [4.69, 9.17) is 23.2 Å². The summed E-state index contributed by atoms with van der Waals surface area (Å²) in [4.78, 5) is 12.0. The molecule has 0 saturated heterocycles. The van der Waals surface area contributed by atoms with Gasteiger partial charge >= 0.3 is 0 Å². The fraction of sp³-hybridized carbons (Fsp3) is 0.583. The molecular weight excluding hydrogens is 275 g/mol. The van der Waals surface area contributed by atoms with Gasteiger partial charge in [0.15, 0.2) is 0 Å². The number of hydrogen-bond acceptors (Lipinski definition) is 2. The van der Waals surface area contributed by atoms with Crippen LogP contribution in [0.25, 0.3) is 0 Å². The molecule has 0 spiro atoms. The summed E-state index contributed by atoms with van der Waals surface area (Å²) in [6, 6.07) is 1.53. The van der Waals surface area contributed by atoms with Gasteiger partial charge in [0, 0.05) is 13.6 Å². The van der Waals surface area contributed by atoms with Crippen LogP contribution in [-0.2, 0) is 7.05 Å². The van der Waals surface area contributed by atoms with Crippen molar-refractivity contribution in [1.82, 2.24) is 9.88 Å². The van der Waals surface area contributed by atoms with Gasteiger partial charge in [-0.05, 0) is 18.9 Å². The zero-order valence-corrected chi connectivity index (χ0v) is 11.7. The maximum absolute atomic E-state index is 12.0. The first kappa shape index (κ1) is 13.7. The first-order valence-electron chi connectivity index (χ1n) is 5.94. The standard InChI is InChI=1S/C12H16Cl2N2O2/c1-16-9(6-8(13)10(16)14)11(17)15-7-12(18)4-2-3-5-12/h6,18H,2-5,7H2,1H3,(H,15,17). The highest BCUT2D eigenvalue weighted by Crippen LogP contribution is 2.29. The average molecular weight is 291 g/mol. The van der Waals surface area contributed by atoms with Gasteiger partial charge in [0.2, 0.25) is 0 Å². The molecule has 100 valence electrons. The minimum absolute atomic E-state index is 0.270. The van der Waals surface area contributed by atoms with Gasteiger partial charge in [-0.3, -0.25) is 4.79 Å². The van der Waals surface area contributed by atoms with E-state index in [9.17, 15) is 9.90 Å². The summed E-state index contributed by atoms with van der Waals surface area (Å²) in [5.74, 6) is -0.272. The van der Waals surface area contributed by atoms with Crippen molar-refractivity contribution in [3.63, 3.8) is 0 Å². The van der Waals surface area contributed by atoms with Crippen LogP contribution in [0.5, 0.6) is 0 Å². The minimum atomic E-state index is -0.756. The molecule has 0 radical (unpaired) electrons. The summed E-state index contributed by atoms with van der Waals surface area (Å²) in [6.07, 6.45) is 3.49. The predicted molar refractivity (Wildman–Crippen MR) is 71.2 cm³/mol. The highest BCUT2D eigenvalue weighted by atomic mass is 35.5.